The van der Waals surface area contributed by atoms with E-state index >= 15 is 0 Å². The molecule has 6 heteroatoms. The molecule has 19 heavy (non-hydrogen) atoms. The Labute approximate surface area is 125 Å². The molecule has 0 aliphatic heterocycles. The first kappa shape index (κ1) is 16.0. The summed E-state index contributed by atoms with van der Waals surface area (Å²) in [7, 11) is 0. The monoisotopic (exact) mass is 347 g/mol. The van der Waals surface area contributed by atoms with E-state index in [1.807, 2.05) is 6.92 Å². The minimum atomic E-state index is -0.899. The summed E-state index contributed by atoms with van der Waals surface area (Å²) in [5.41, 5.74) is 0.338. The van der Waals surface area contributed by atoms with E-state index in [2.05, 4.69) is 21.2 Å². The van der Waals surface area contributed by atoms with E-state index in [1.54, 1.807) is 18.2 Å². The summed E-state index contributed by atoms with van der Waals surface area (Å²) in [5, 5.41) is 11.9. The van der Waals surface area contributed by atoms with Crippen LogP contribution in [0.5, 0.6) is 0 Å². The fourth-order valence-electron chi connectivity index (χ4n) is 1.65. The first-order valence-corrected chi connectivity index (χ1v) is 7.08. The van der Waals surface area contributed by atoms with Crippen molar-refractivity contribution in [1.29, 1.82) is 0 Å². The maximum absolute atomic E-state index is 11.9. The second-order valence-corrected chi connectivity index (χ2v) is 5.48. The molecule has 0 heterocycles. The van der Waals surface area contributed by atoms with Gasteiger partial charge in [-0.3, -0.25) is 9.59 Å². The van der Waals surface area contributed by atoms with Crippen molar-refractivity contribution in [2.45, 2.75) is 19.8 Å². The highest BCUT2D eigenvalue weighted by atomic mass is 79.9. The van der Waals surface area contributed by atoms with Crippen LogP contribution in [-0.4, -0.2) is 23.5 Å². The Morgan fingerprint density at radius 3 is 2.68 bits per heavy atom. The van der Waals surface area contributed by atoms with Crippen molar-refractivity contribution in [1.82, 2.24) is 5.32 Å². The van der Waals surface area contributed by atoms with Crippen LogP contribution in [-0.2, 0) is 4.79 Å². The predicted octanol–water partition coefficient (Wildman–Crippen LogP) is 3.33. The smallest absolute Gasteiger partial charge is 0.308 e. The molecular formula is C13H15BrClNO3. The molecule has 0 bridgehead atoms. The highest BCUT2D eigenvalue weighted by Gasteiger charge is 2.18. The summed E-state index contributed by atoms with van der Waals surface area (Å²) in [4.78, 5) is 22.9. The Hall–Kier alpha value is -1.07. The van der Waals surface area contributed by atoms with Gasteiger partial charge in [0.15, 0.2) is 0 Å². The van der Waals surface area contributed by atoms with Crippen molar-refractivity contribution in [3.63, 3.8) is 0 Å². The zero-order valence-electron chi connectivity index (χ0n) is 10.5. The molecular weight excluding hydrogens is 334 g/mol. The largest absolute Gasteiger partial charge is 0.481 e. The number of carboxylic acid groups (broad SMARTS) is 1. The third-order valence-corrected chi connectivity index (χ3v) is 3.48. The van der Waals surface area contributed by atoms with Crippen LogP contribution >= 0.6 is 27.5 Å². The molecule has 104 valence electrons. The van der Waals surface area contributed by atoms with Crippen LogP contribution in [0, 0.1) is 5.92 Å². The molecule has 0 aromatic heterocycles. The lowest BCUT2D eigenvalue weighted by Gasteiger charge is -2.13. The number of carbonyl (C=O) groups excluding carboxylic acids is 1. The van der Waals surface area contributed by atoms with E-state index in [-0.39, 0.29) is 12.5 Å². The van der Waals surface area contributed by atoms with Gasteiger partial charge in [-0.25, -0.2) is 0 Å². The van der Waals surface area contributed by atoms with Gasteiger partial charge in [0.25, 0.3) is 5.91 Å². The Morgan fingerprint density at radius 2 is 2.16 bits per heavy atom. The van der Waals surface area contributed by atoms with Crippen molar-refractivity contribution in [2.75, 3.05) is 6.54 Å². The summed E-state index contributed by atoms with van der Waals surface area (Å²) in [6.07, 6.45) is 1.29. The lowest BCUT2D eigenvalue weighted by Crippen LogP contribution is -2.33. The van der Waals surface area contributed by atoms with Crippen molar-refractivity contribution >= 4 is 39.4 Å². The van der Waals surface area contributed by atoms with Gasteiger partial charge in [0.1, 0.15) is 0 Å². The Bertz CT molecular complexity index is 479. The van der Waals surface area contributed by atoms with Crippen LogP contribution in [0.3, 0.4) is 0 Å². The normalized spacial score (nSPS) is 11.9. The van der Waals surface area contributed by atoms with Gasteiger partial charge < -0.3 is 10.4 Å². The first-order valence-electron chi connectivity index (χ1n) is 5.91. The third kappa shape index (κ3) is 4.84. The molecule has 1 rings (SSSR count). The van der Waals surface area contributed by atoms with E-state index in [4.69, 9.17) is 16.7 Å². The summed E-state index contributed by atoms with van der Waals surface area (Å²) in [6, 6.07) is 4.93. The molecule has 0 fully saturated rings. The average molecular weight is 349 g/mol. The summed E-state index contributed by atoms with van der Waals surface area (Å²) >= 11 is 9.21. The Morgan fingerprint density at radius 1 is 1.47 bits per heavy atom. The summed E-state index contributed by atoms with van der Waals surface area (Å²) < 4.78 is 0.781. The molecule has 1 atom stereocenters. The van der Waals surface area contributed by atoms with Gasteiger partial charge in [-0.15, -0.1) is 0 Å². The maximum atomic E-state index is 11.9. The van der Waals surface area contributed by atoms with Gasteiger partial charge in [0.2, 0.25) is 0 Å². The van der Waals surface area contributed by atoms with E-state index in [0.717, 1.165) is 10.9 Å². The summed E-state index contributed by atoms with van der Waals surface area (Å²) in [6.45, 7) is 2.01. The minimum Gasteiger partial charge on any atom is -0.481 e. The minimum absolute atomic E-state index is 0.106. The number of hydrogen-bond acceptors (Lipinski definition) is 2. The van der Waals surface area contributed by atoms with Crippen LogP contribution in [0.2, 0.25) is 5.02 Å². The molecule has 1 aromatic rings. The Balaban J connectivity index is 2.66. The maximum Gasteiger partial charge on any atom is 0.308 e. The molecule has 1 unspecified atom stereocenters. The van der Waals surface area contributed by atoms with Gasteiger partial charge in [-0.1, -0.05) is 40.9 Å². The summed E-state index contributed by atoms with van der Waals surface area (Å²) in [5.74, 6) is -1.83. The fourth-order valence-corrected chi connectivity index (χ4v) is 2.41. The van der Waals surface area contributed by atoms with E-state index < -0.39 is 11.9 Å². The molecule has 0 aliphatic carbocycles. The van der Waals surface area contributed by atoms with Crippen LogP contribution in [0.25, 0.3) is 0 Å². The number of aliphatic carboxylic acids is 1. The van der Waals surface area contributed by atoms with Gasteiger partial charge in [-0.05, 0) is 24.6 Å². The number of nitrogens with one attached hydrogen (secondary N) is 1. The molecule has 0 spiro atoms. The molecule has 1 aromatic carbocycles. The number of amides is 1. The van der Waals surface area contributed by atoms with Gasteiger partial charge in [-0.2, -0.15) is 0 Å². The second kappa shape index (κ2) is 7.50. The molecule has 0 radical (unpaired) electrons. The number of carbonyl (C=O) groups is 2. The number of hydrogen-bond donors (Lipinski definition) is 2. The Kier molecular flexibility index (Phi) is 6.31. The van der Waals surface area contributed by atoms with Crippen molar-refractivity contribution in [2.24, 2.45) is 5.92 Å². The van der Waals surface area contributed by atoms with Crippen LogP contribution < -0.4 is 5.32 Å². The fraction of sp³-hybridized carbons (Fsp3) is 0.385. The van der Waals surface area contributed by atoms with E-state index in [9.17, 15) is 9.59 Å². The van der Waals surface area contributed by atoms with E-state index in [1.165, 1.54) is 0 Å². The quantitative estimate of drug-likeness (QED) is 0.828. The topological polar surface area (TPSA) is 66.4 Å². The molecule has 0 saturated carbocycles. The third-order valence-electron chi connectivity index (χ3n) is 2.67. The highest BCUT2D eigenvalue weighted by Crippen LogP contribution is 2.21. The highest BCUT2D eigenvalue weighted by molar-refractivity contribution is 9.10. The average Bonchev–Trinajstić information content (AvgIpc) is 2.33. The van der Waals surface area contributed by atoms with Crippen LogP contribution in [0.15, 0.2) is 22.7 Å². The lowest BCUT2D eigenvalue weighted by molar-refractivity contribution is -0.141. The van der Waals surface area contributed by atoms with Gasteiger partial charge in [0.05, 0.1) is 16.5 Å². The zero-order chi connectivity index (χ0) is 14.4. The second-order valence-electron chi connectivity index (χ2n) is 4.16. The molecule has 1 amide bonds. The number of rotatable bonds is 6. The van der Waals surface area contributed by atoms with Gasteiger partial charge >= 0.3 is 5.97 Å². The van der Waals surface area contributed by atoms with E-state index in [0.29, 0.717) is 17.0 Å². The van der Waals surface area contributed by atoms with Gasteiger partial charge in [0, 0.05) is 11.0 Å². The van der Waals surface area contributed by atoms with Crippen LogP contribution in [0.4, 0.5) is 0 Å². The number of halogens is 2. The van der Waals surface area contributed by atoms with Crippen molar-refractivity contribution in [3.8, 4) is 0 Å². The van der Waals surface area contributed by atoms with Crippen molar-refractivity contribution in [3.05, 3.63) is 33.3 Å². The SMILES string of the molecule is CCCC(CNC(=O)c1ccc(Br)cc1Cl)C(=O)O. The van der Waals surface area contributed by atoms with Crippen molar-refractivity contribution < 1.29 is 14.7 Å². The van der Waals surface area contributed by atoms with Crippen LogP contribution in [0.1, 0.15) is 30.1 Å². The first-order chi connectivity index (χ1) is 8.95. The molecule has 0 aliphatic rings. The molecule has 2 N–H and O–H groups in total. The molecule has 4 nitrogen and oxygen atoms in total. The predicted molar refractivity (Wildman–Crippen MR) is 77.5 cm³/mol. The molecule has 0 saturated heterocycles. The standard InChI is InChI=1S/C13H15BrClNO3/c1-2-3-8(13(18)19)7-16-12(17)10-5-4-9(14)6-11(10)15/h4-6,8H,2-3,7H2,1H3,(H,16,17)(H,18,19). The number of carboxylic acids is 1. The number of benzene rings is 1. The lowest BCUT2D eigenvalue weighted by atomic mass is 10.0. The zero-order valence-corrected chi connectivity index (χ0v) is 12.8.